The van der Waals surface area contributed by atoms with Gasteiger partial charge in [0.1, 0.15) is 0 Å². The fourth-order valence-electron chi connectivity index (χ4n) is 0.921. The first-order chi connectivity index (χ1) is 6.33. The third-order valence-electron chi connectivity index (χ3n) is 1.61. The standard InChI is InChI=1S/C9H13N3O/c10-4-1-9(13)12-7-8-2-5-11-6-3-8/h2-3,5-6H,1,4,7,10H2,(H,12,13). The van der Waals surface area contributed by atoms with E-state index < -0.39 is 0 Å². The molecule has 0 aliphatic heterocycles. The van der Waals surface area contributed by atoms with Crippen LogP contribution in [0.15, 0.2) is 24.5 Å². The van der Waals surface area contributed by atoms with Gasteiger partial charge in [-0.1, -0.05) is 0 Å². The van der Waals surface area contributed by atoms with Crippen LogP contribution in [0.25, 0.3) is 0 Å². The van der Waals surface area contributed by atoms with Crippen molar-refractivity contribution in [3.05, 3.63) is 30.1 Å². The van der Waals surface area contributed by atoms with Gasteiger partial charge in [-0.15, -0.1) is 0 Å². The molecule has 1 aromatic heterocycles. The molecule has 1 rings (SSSR count). The number of carbonyl (C=O) groups excluding carboxylic acids is 1. The lowest BCUT2D eigenvalue weighted by Gasteiger charge is -2.03. The fraction of sp³-hybridized carbons (Fsp3) is 0.333. The van der Waals surface area contributed by atoms with Crippen molar-refractivity contribution in [2.75, 3.05) is 6.54 Å². The number of carbonyl (C=O) groups is 1. The Balaban J connectivity index is 2.31. The Bertz CT molecular complexity index is 261. The van der Waals surface area contributed by atoms with Crippen molar-refractivity contribution >= 4 is 5.91 Å². The number of pyridine rings is 1. The minimum Gasteiger partial charge on any atom is -0.352 e. The molecular weight excluding hydrogens is 166 g/mol. The summed E-state index contributed by atoms with van der Waals surface area (Å²) in [5, 5.41) is 2.75. The highest BCUT2D eigenvalue weighted by atomic mass is 16.1. The molecule has 4 heteroatoms. The Kier molecular flexibility index (Phi) is 3.92. The average Bonchev–Trinajstić information content (AvgIpc) is 2.17. The third-order valence-corrected chi connectivity index (χ3v) is 1.61. The molecule has 1 aromatic rings. The lowest BCUT2D eigenvalue weighted by atomic mass is 10.2. The summed E-state index contributed by atoms with van der Waals surface area (Å²) in [6.07, 6.45) is 3.78. The zero-order chi connectivity index (χ0) is 9.52. The van der Waals surface area contributed by atoms with Crippen LogP contribution in [0.3, 0.4) is 0 Å². The maximum absolute atomic E-state index is 11.0. The highest BCUT2D eigenvalue weighted by Crippen LogP contribution is 1.94. The summed E-state index contributed by atoms with van der Waals surface area (Å²) in [5.74, 6) is -0.0145. The molecule has 4 nitrogen and oxygen atoms in total. The van der Waals surface area contributed by atoms with Gasteiger partial charge in [0, 0.05) is 31.9 Å². The first kappa shape index (κ1) is 9.67. The van der Waals surface area contributed by atoms with E-state index in [2.05, 4.69) is 10.3 Å². The van der Waals surface area contributed by atoms with E-state index in [9.17, 15) is 4.79 Å². The third kappa shape index (κ3) is 3.66. The average molecular weight is 179 g/mol. The Hall–Kier alpha value is -1.42. The van der Waals surface area contributed by atoms with Gasteiger partial charge < -0.3 is 11.1 Å². The smallest absolute Gasteiger partial charge is 0.221 e. The molecule has 70 valence electrons. The van der Waals surface area contributed by atoms with Crippen LogP contribution in [0, 0.1) is 0 Å². The largest absolute Gasteiger partial charge is 0.352 e. The van der Waals surface area contributed by atoms with Crippen molar-refractivity contribution in [3.63, 3.8) is 0 Å². The number of nitrogens with one attached hydrogen (secondary N) is 1. The molecule has 0 spiro atoms. The Labute approximate surface area is 77.2 Å². The summed E-state index contributed by atoms with van der Waals surface area (Å²) in [7, 11) is 0. The van der Waals surface area contributed by atoms with E-state index >= 15 is 0 Å². The first-order valence-corrected chi connectivity index (χ1v) is 4.18. The molecule has 0 aliphatic carbocycles. The Morgan fingerprint density at radius 2 is 2.15 bits per heavy atom. The van der Waals surface area contributed by atoms with E-state index in [-0.39, 0.29) is 5.91 Å². The van der Waals surface area contributed by atoms with Gasteiger partial charge in [-0.25, -0.2) is 0 Å². The predicted molar refractivity (Wildman–Crippen MR) is 49.8 cm³/mol. The van der Waals surface area contributed by atoms with Crippen LogP contribution in [0.1, 0.15) is 12.0 Å². The SMILES string of the molecule is NCCC(=O)NCc1ccncc1. The molecule has 1 amide bonds. The van der Waals surface area contributed by atoms with Crippen molar-refractivity contribution in [1.29, 1.82) is 0 Å². The summed E-state index contributed by atoms with van der Waals surface area (Å²) < 4.78 is 0. The molecule has 0 fully saturated rings. The lowest BCUT2D eigenvalue weighted by Crippen LogP contribution is -2.24. The molecule has 0 saturated heterocycles. The van der Waals surface area contributed by atoms with E-state index in [4.69, 9.17) is 5.73 Å². The van der Waals surface area contributed by atoms with Crippen molar-refractivity contribution in [2.24, 2.45) is 5.73 Å². The summed E-state index contributed by atoms with van der Waals surface area (Å²) in [6.45, 7) is 0.934. The van der Waals surface area contributed by atoms with E-state index in [0.29, 0.717) is 19.5 Å². The molecule has 0 unspecified atom stereocenters. The van der Waals surface area contributed by atoms with Gasteiger partial charge in [0.25, 0.3) is 0 Å². The van der Waals surface area contributed by atoms with Crippen LogP contribution < -0.4 is 11.1 Å². The van der Waals surface area contributed by atoms with Gasteiger partial charge in [0.2, 0.25) is 5.91 Å². The topological polar surface area (TPSA) is 68.0 Å². The van der Waals surface area contributed by atoms with Crippen molar-refractivity contribution < 1.29 is 4.79 Å². The number of hydrogen-bond acceptors (Lipinski definition) is 3. The zero-order valence-corrected chi connectivity index (χ0v) is 7.36. The number of nitrogens with zero attached hydrogens (tertiary/aromatic N) is 1. The number of amides is 1. The molecule has 0 bridgehead atoms. The lowest BCUT2D eigenvalue weighted by molar-refractivity contribution is -0.121. The van der Waals surface area contributed by atoms with E-state index in [1.54, 1.807) is 12.4 Å². The van der Waals surface area contributed by atoms with Crippen molar-refractivity contribution in [2.45, 2.75) is 13.0 Å². The predicted octanol–water partition coefficient (Wildman–Crippen LogP) is 0.0466. The quantitative estimate of drug-likeness (QED) is 0.686. The molecule has 0 aromatic carbocycles. The van der Waals surface area contributed by atoms with Crippen LogP contribution in [0.5, 0.6) is 0 Å². The van der Waals surface area contributed by atoms with Gasteiger partial charge in [0.15, 0.2) is 0 Å². The second kappa shape index (κ2) is 5.27. The molecular formula is C9H13N3O. The maximum atomic E-state index is 11.0. The Morgan fingerprint density at radius 3 is 2.77 bits per heavy atom. The highest BCUT2D eigenvalue weighted by molar-refractivity contribution is 5.75. The van der Waals surface area contributed by atoms with E-state index in [1.807, 2.05) is 12.1 Å². The van der Waals surface area contributed by atoms with Crippen LogP contribution >= 0.6 is 0 Å². The molecule has 0 atom stereocenters. The number of rotatable bonds is 4. The first-order valence-electron chi connectivity index (χ1n) is 4.18. The monoisotopic (exact) mass is 179 g/mol. The second-order valence-corrected chi connectivity index (χ2v) is 2.67. The molecule has 1 heterocycles. The van der Waals surface area contributed by atoms with Crippen molar-refractivity contribution in [1.82, 2.24) is 10.3 Å². The van der Waals surface area contributed by atoms with E-state index in [1.165, 1.54) is 0 Å². The minimum absolute atomic E-state index is 0.0145. The Morgan fingerprint density at radius 1 is 1.46 bits per heavy atom. The second-order valence-electron chi connectivity index (χ2n) is 2.67. The molecule has 0 radical (unpaired) electrons. The molecule has 0 saturated carbocycles. The van der Waals surface area contributed by atoms with Gasteiger partial charge >= 0.3 is 0 Å². The maximum Gasteiger partial charge on any atom is 0.221 e. The molecule has 0 aliphatic rings. The van der Waals surface area contributed by atoms with Crippen LogP contribution in [0.4, 0.5) is 0 Å². The normalized spacial score (nSPS) is 9.62. The highest BCUT2D eigenvalue weighted by Gasteiger charge is 1.98. The zero-order valence-electron chi connectivity index (χ0n) is 7.36. The summed E-state index contributed by atoms with van der Waals surface area (Å²) >= 11 is 0. The van der Waals surface area contributed by atoms with Crippen molar-refractivity contribution in [3.8, 4) is 0 Å². The minimum atomic E-state index is -0.0145. The molecule has 13 heavy (non-hydrogen) atoms. The number of aromatic nitrogens is 1. The van der Waals surface area contributed by atoms with Gasteiger partial charge in [-0.2, -0.15) is 0 Å². The van der Waals surface area contributed by atoms with Gasteiger partial charge in [0.05, 0.1) is 0 Å². The summed E-state index contributed by atoms with van der Waals surface area (Å²) in [6, 6.07) is 3.73. The molecule has 3 N–H and O–H groups in total. The van der Waals surface area contributed by atoms with Crippen LogP contribution in [0.2, 0.25) is 0 Å². The van der Waals surface area contributed by atoms with Gasteiger partial charge in [-0.05, 0) is 17.7 Å². The number of nitrogens with two attached hydrogens (primary N) is 1. The van der Waals surface area contributed by atoms with Crippen LogP contribution in [-0.4, -0.2) is 17.4 Å². The summed E-state index contributed by atoms with van der Waals surface area (Å²) in [4.78, 5) is 14.9. The summed E-state index contributed by atoms with van der Waals surface area (Å²) in [5.41, 5.74) is 6.27. The van der Waals surface area contributed by atoms with Crippen LogP contribution in [-0.2, 0) is 11.3 Å². The fourth-order valence-corrected chi connectivity index (χ4v) is 0.921. The number of hydrogen-bond donors (Lipinski definition) is 2. The van der Waals surface area contributed by atoms with Gasteiger partial charge in [-0.3, -0.25) is 9.78 Å². The van der Waals surface area contributed by atoms with E-state index in [0.717, 1.165) is 5.56 Å².